The van der Waals surface area contributed by atoms with Crippen LogP contribution in [-0.4, -0.2) is 34.5 Å². The van der Waals surface area contributed by atoms with Crippen LogP contribution in [0.2, 0.25) is 0 Å². The minimum absolute atomic E-state index is 0.282. The van der Waals surface area contributed by atoms with Crippen molar-refractivity contribution >= 4 is 5.78 Å². The van der Waals surface area contributed by atoms with Crippen LogP contribution >= 0.6 is 0 Å². The second kappa shape index (κ2) is 2.92. The molecule has 1 aromatic rings. The third kappa shape index (κ3) is 1.04. The maximum absolute atomic E-state index is 11.9. The Balaban J connectivity index is 2.50. The number of nitrogens with zero attached hydrogens (tertiary/aromatic N) is 2. The minimum atomic E-state index is -0.475. The number of likely N-dealkylation sites (tertiary alicyclic amines) is 1. The summed E-state index contributed by atoms with van der Waals surface area (Å²) in [6.45, 7) is 4.76. The molecule has 1 aromatic heterocycles. The molecule has 2 heterocycles. The standard InChI is InChI=1S/C10H15N3O/c1-7-8(6-11-12-7)10(2)9(14)4-5-13(10)3/h6H,4-5H2,1-3H3,(H,11,12). The van der Waals surface area contributed by atoms with Crippen molar-refractivity contribution in [1.29, 1.82) is 0 Å². The van der Waals surface area contributed by atoms with Crippen LogP contribution in [0.1, 0.15) is 24.6 Å². The second-order valence-electron chi connectivity index (χ2n) is 4.08. The molecule has 0 radical (unpaired) electrons. The molecular formula is C10H15N3O. The van der Waals surface area contributed by atoms with E-state index in [1.807, 2.05) is 20.9 Å². The molecule has 0 aliphatic carbocycles. The Morgan fingerprint density at radius 3 is 2.79 bits per heavy atom. The maximum atomic E-state index is 11.9. The SMILES string of the molecule is Cc1[nH]ncc1C1(C)C(=O)CCN1C. The van der Waals surface area contributed by atoms with Crippen LogP contribution in [-0.2, 0) is 10.3 Å². The van der Waals surface area contributed by atoms with Crippen LogP contribution in [0.25, 0.3) is 0 Å². The Morgan fingerprint density at radius 2 is 2.36 bits per heavy atom. The van der Waals surface area contributed by atoms with E-state index in [4.69, 9.17) is 0 Å². The van der Waals surface area contributed by atoms with Crippen molar-refractivity contribution in [1.82, 2.24) is 15.1 Å². The van der Waals surface area contributed by atoms with Gasteiger partial charge < -0.3 is 0 Å². The highest BCUT2D eigenvalue weighted by molar-refractivity contribution is 5.91. The Kier molecular flexibility index (Phi) is 1.96. The van der Waals surface area contributed by atoms with Gasteiger partial charge in [-0.05, 0) is 20.9 Å². The van der Waals surface area contributed by atoms with Crippen molar-refractivity contribution in [2.75, 3.05) is 13.6 Å². The zero-order chi connectivity index (χ0) is 10.3. The number of aromatic amines is 1. The molecule has 1 unspecified atom stereocenters. The van der Waals surface area contributed by atoms with Crippen LogP contribution in [0.15, 0.2) is 6.20 Å². The molecule has 0 aromatic carbocycles. The van der Waals surface area contributed by atoms with Crippen molar-refractivity contribution in [3.05, 3.63) is 17.5 Å². The number of ketones is 1. The fraction of sp³-hybridized carbons (Fsp3) is 0.600. The number of aromatic nitrogens is 2. The molecule has 14 heavy (non-hydrogen) atoms. The molecule has 1 atom stereocenters. The number of nitrogens with one attached hydrogen (secondary N) is 1. The van der Waals surface area contributed by atoms with E-state index in [1.54, 1.807) is 6.20 Å². The molecular weight excluding hydrogens is 178 g/mol. The first-order chi connectivity index (χ1) is 6.56. The molecule has 0 bridgehead atoms. The van der Waals surface area contributed by atoms with Gasteiger partial charge in [0.2, 0.25) is 0 Å². The van der Waals surface area contributed by atoms with E-state index >= 15 is 0 Å². The van der Waals surface area contributed by atoms with Gasteiger partial charge in [-0.1, -0.05) is 0 Å². The van der Waals surface area contributed by atoms with E-state index in [0.29, 0.717) is 6.42 Å². The number of hydrogen-bond donors (Lipinski definition) is 1. The molecule has 4 heteroatoms. The maximum Gasteiger partial charge on any atom is 0.158 e. The van der Waals surface area contributed by atoms with Gasteiger partial charge in [0.1, 0.15) is 5.54 Å². The minimum Gasteiger partial charge on any atom is -0.297 e. The zero-order valence-corrected chi connectivity index (χ0v) is 8.79. The van der Waals surface area contributed by atoms with Crippen molar-refractivity contribution in [3.8, 4) is 0 Å². The molecule has 1 N–H and O–H groups in total. The molecule has 0 amide bonds. The predicted octanol–water partition coefficient (Wildman–Crippen LogP) is 0.838. The highest BCUT2D eigenvalue weighted by atomic mass is 16.1. The average Bonchev–Trinajstić information content (AvgIpc) is 2.67. The molecule has 1 saturated heterocycles. The summed E-state index contributed by atoms with van der Waals surface area (Å²) in [5, 5.41) is 6.86. The summed E-state index contributed by atoms with van der Waals surface area (Å²) in [6, 6.07) is 0. The van der Waals surface area contributed by atoms with E-state index in [2.05, 4.69) is 15.1 Å². The lowest BCUT2D eigenvalue weighted by Crippen LogP contribution is -2.40. The monoisotopic (exact) mass is 193 g/mol. The van der Waals surface area contributed by atoms with Gasteiger partial charge in [-0.2, -0.15) is 5.10 Å². The molecule has 1 aliphatic heterocycles. The Hall–Kier alpha value is -1.16. The van der Waals surface area contributed by atoms with Gasteiger partial charge in [0.15, 0.2) is 5.78 Å². The van der Waals surface area contributed by atoms with Crippen LogP contribution < -0.4 is 0 Å². The van der Waals surface area contributed by atoms with Crippen LogP contribution in [0.3, 0.4) is 0 Å². The first-order valence-corrected chi connectivity index (χ1v) is 4.82. The van der Waals surface area contributed by atoms with Crippen molar-refractivity contribution in [2.45, 2.75) is 25.8 Å². The summed E-state index contributed by atoms with van der Waals surface area (Å²) < 4.78 is 0. The first-order valence-electron chi connectivity index (χ1n) is 4.82. The van der Waals surface area contributed by atoms with Crippen LogP contribution in [0.5, 0.6) is 0 Å². The molecule has 4 nitrogen and oxygen atoms in total. The number of carbonyl (C=O) groups is 1. The summed E-state index contributed by atoms with van der Waals surface area (Å²) in [5.41, 5.74) is 1.51. The average molecular weight is 193 g/mol. The lowest BCUT2D eigenvalue weighted by Gasteiger charge is -2.30. The number of H-pyrrole nitrogens is 1. The van der Waals surface area contributed by atoms with E-state index in [1.165, 1.54) is 0 Å². The van der Waals surface area contributed by atoms with Crippen LogP contribution in [0.4, 0.5) is 0 Å². The van der Waals surface area contributed by atoms with E-state index in [9.17, 15) is 4.79 Å². The number of Topliss-reactive ketones (excluding diaryl/α,β-unsaturated/α-hetero) is 1. The zero-order valence-electron chi connectivity index (χ0n) is 8.79. The smallest absolute Gasteiger partial charge is 0.158 e. The Bertz CT molecular complexity index is 371. The molecule has 2 rings (SSSR count). The summed E-state index contributed by atoms with van der Waals surface area (Å²) in [4.78, 5) is 14.0. The third-order valence-electron chi connectivity index (χ3n) is 3.34. The lowest BCUT2D eigenvalue weighted by atomic mass is 9.89. The fourth-order valence-corrected chi connectivity index (χ4v) is 2.15. The van der Waals surface area contributed by atoms with Gasteiger partial charge in [-0.25, -0.2) is 0 Å². The topological polar surface area (TPSA) is 49.0 Å². The lowest BCUT2D eigenvalue weighted by molar-refractivity contribution is -0.124. The number of likely N-dealkylation sites (N-methyl/N-ethyl adjacent to an activating group) is 1. The Labute approximate surface area is 83.3 Å². The number of aryl methyl sites for hydroxylation is 1. The summed E-state index contributed by atoms with van der Waals surface area (Å²) >= 11 is 0. The summed E-state index contributed by atoms with van der Waals surface area (Å²) in [5.74, 6) is 0.282. The van der Waals surface area contributed by atoms with Gasteiger partial charge in [0, 0.05) is 24.2 Å². The van der Waals surface area contributed by atoms with Gasteiger partial charge >= 0.3 is 0 Å². The second-order valence-corrected chi connectivity index (χ2v) is 4.08. The quantitative estimate of drug-likeness (QED) is 0.719. The first kappa shape index (κ1) is 9.40. The van der Waals surface area contributed by atoms with E-state index < -0.39 is 5.54 Å². The summed E-state index contributed by atoms with van der Waals surface area (Å²) in [7, 11) is 1.98. The highest BCUT2D eigenvalue weighted by Crippen LogP contribution is 2.35. The van der Waals surface area contributed by atoms with Crippen LogP contribution in [0, 0.1) is 6.92 Å². The van der Waals surface area contributed by atoms with Gasteiger partial charge in [-0.3, -0.25) is 14.8 Å². The van der Waals surface area contributed by atoms with Crippen molar-refractivity contribution in [3.63, 3.8) is 0 Å². The molecule has 1 aliphatic rings. The summed E-state index contributed by atoms with van der Waals surface area (Å²) in [6.07, 6.45) is 2.40. The van der Waals surface area contributed by atoms with Crippen molar-refractivity contribution < 1.29 is 4.79 Å². The molecule has 76 valence electrons. The van der Waals surface area contributed by atoms with Gasteiger partial charge in [-0.15, -0.1) is 0 Å². The van der Waals surface area contributed by atoms with E-state index in [-0.39, 0.29) is 5.78 Å². The van der Waals surface area contributed by atoms with Gasteiger partial charge in [0.05, 0.1) is 6.20 Å². The number of carbonyl (C=O) groups excluding carboxylic acids is 1. The molecule has 1 fully saturated rings. The largest absolute Gasteiger partial charge is 0.297 e. The molecule has 0 saturated carbocycles. The molecule has 0 spiro atoms. The highest BCUT2D eigenvalue weighted by Gasteiger charge is 2.44. The normalized spacial score (nSPS) is 28.6. The van der Waals surface area contributed by atoms with Crippen molar-refractivity contribution in [2.24, 2.45) is 0 Å². The van der Waals surface area contributed by atoms with E-state index in [0.717, 1.165) is 17.8 Å². The number of hydrogen-bond acceptors (Lipinski definition) is 3. The predicted molar refractivity (Wildman–Crippen MR) is 52.9 cm³/mol. The Morgan fingerprint density at radius 1 is 1.64 bits per heavy atom. The fourth-order valence-electron chi connectivity index (χ4n) is 2.15. The van der Waals surface area contributed by atoms with Gasteiger partial charge in [0.25, 0.3) is 0 Å². The third-order valence-corrected chi connectivity index (χ3v) is 3.34. The number of rotatable bonds is 1.